The van der Waals surface area contributed by atoms with Crippen LogP contribution in [0.4, 0.5) is 5.69 Å². The number of nitrogens with one attached hydrogen (secondary N) is 1. The van der Waals surface area contributed by atoms with Crippen molar-refractivity contribution in [3.8, 4) is 0 Å². The van der Waals surface area contributed by atoms with Crippen molar-refractivity contribution in [2.24, 2.45) is 0 Å². The summed E-state index contributed by atoms with van der Waals surface area (Å²) in [6.45, 7) is 1.93. The number of benzene rings is 2. The third-order valence-electron chi connectivity index (χ3n) is 7.68. The van der Waals surface area contributed by atoms with E-state index < -0.39 is 5.25 Å². The molecular formula is C30H30ClN3O2S2. The van der Waals surface area contributed by atoms with Crippen molar-refractivity contribution in [2.75, 3.05) is 5.32 Å². The molecule has 38 heavy (non-hydrogen) atoms. The van der Waals surface area contributed by atoms with Gasteiger partial charge in [-0.25, -0.2) is 4.98 Å². The Morgan fingerprint density at radius 2 is 1.87 bits per heavy atom. The van der Waals surface area contributed by atoms with Crippen molar-refractivity contribution >= 4 is 56.5 Å². The van der Waals surface area contributed by atoms with Gasteiger partial charge in [0.15, 0.2) is 5.16 Å². The summed E-state index contributed by atoms with van der Waals surface area (Å²) in [5.41, 5.74) is 3.75. The molecule has 0 bridgehead atoms. The van der Waals surface area contributed by atoms with Crippen LogP contribution in [0.5, 0.6) is 0 Å². The molecule has 2 aliphatic rings. The fourth-order valence-corrected chi connectivity index (χ4v) is 8.30. The van der Waals surface area contributed by atoms with Gasteiger partial charge in [0.1, 0.15) is 10.1 Å². The molecule has 2 heterocycles. The third kappa shape index (κ3) is 4.92. The van der Waals surface area contributed by atoms with Gasteiger partial charge in [-0.1, -0.05) is 72.6 Å². The maximum atomic E-state index is 14.1. The van der Waals surface area contributed by atoms with E-state index in [4.69, 9.17) is 16.6 Å². The highest BCUT2D eigenvalue weighted by atomic mass is 35.5. The van der Waals surface area contributed by atoms with Crippen LogP contribution in [0, 0.1) is 6.92 Å². The Morgan fingerprint density at radius 1 is 1.11 bits per heavy atom. The molecule has 196 valence electrons. The Balaban J connectivity index is 1.44. The Kier molecular flexibility index (Phi) is 7.34. The average molecular weight is 564 g/mol. The molecule has 1 amide bonds. The first-order chi connectivity index (χ1) is 18.5. The third-order valence-corrected chi connectivity index (χ3v) is 10.5. The number of hydrogen-bond acceptors (Lipinski definition) is 5. The molecule has 8 heteroatoms. The number of halogens is 1. The van der Waals surface area contributed by atoms with Gasteiger partial charge < -0.3 is 5.32 Å². The summed E-state index contributed by atoms with van der Waals surface area (Å²) in [5, 5.41) is 4.53. The highest BCUT2D eigenvalue weighted by molar-refractivity contribution is 8.00. The molecule has 2 aliphatic carbocycles. The van der Waals surface area contributed by atoms with Crippen LogP contribution in [0.15, 0.2) is 58.5 Å². The fourth-order valence-electron chi connectivity index (χ4n) is 5.65. The van der Waals surface area contributed by atoms with Crippen LogP contribution in [0.1, 0.15) is 71.4 Å². The molecule has 0 spiro atoms. The number of amides is 1. The van der Waals surface area contributed by atoms with E-state index >= 15 is 0 Å². The quantitative estimate of drug-likeness (QED) is 0.191. The van der Waals surface area contributed by atoms with Crippen LogP contribution in [0.2, 0.25) is 5.02 Å². The second-order valence-corrected chi connectivity index (χ2v) is 12.8. The Labute approximate surface area is 235 Å². The van der Waals surface area contributed by atoms with E-state index in [1.807, 2.05) is 54.0 Å². The van der Waals surface area contributed by atoms with Gasteiger partial charge in [-0.15, -0.1) is 11.3 Å². The Morgan fingerprint density at radius 3 is 2.63 bits per heavy atom. The number of carbonyl (C=O) groups is 1. The molecule has 1 atom stereocenters. The zero-order valence-electron chi connectivity index (χ0n) is 21.3. The van der Waals surface area contributed by atoms with Gasteiger partial charge >= 0.3 is 0 Å². The number of thiophene rings is 1. The van der Waals surface area contributed by atoms with Crippen molar-refractivity contribution in [3.05, 3.63) is 85.5 Å². The molecule has 6 rings (SSSR count). The monoisotopic (exact) mass is 563 g/mol. The van der Waals surface area contributed by atoms with E-state index in [0.717, 1.165) is 72.7 Å². The number of thioether (sulfide) groups is 1. The number of rotatable bonds is 6. The van der Waals surface area contributed by atoms with E-state index in [0.29, 0.717) is 15.9 Å². The normalized spacial score (nSPS) is 16.5. The summed E-state index contributed by atoms with van der Waals surface area (Å²) in [4.78, 5) is 35.1. The molecule has 1 saturated carbocycles. The lowest BCUT2D eigenvalue weighted by Gasteiger charge is -2.22. The number of fused-ring (bicyclic) bond motifs is 3. The van der Waals surface area contributed by atoms with Crippen molar-refractivity contribution in [1.29, 1.82) is 0 Å². The number of nitrogens with zero attached hydrogens (tertiary/aromatic N) is 2. The maximum Gasteiger partial charge on any atom is 0.263 e. The van der Waals surface area contributed by atoms with Gasteiger partial charge in [-0.05, 0) is 74.3 Å². The lowest BCUT2D eigenvalue weighted by atomic mass is 9.97. The summed E-state index contributed by atoms with van der Waals surface area (Å²) in [6, 6.07) is 15.4. The molecule has 2 aromatic heterocycles. The SMILES string of the molecule is Cc1ccc(NC(=O)[C@H](Sc2nc3sc4c(c3c(=O)n2C2CCCC2)CCCC4)c2ccccc2)cc1Cl. The van der Waals surface area contributed by atoms with Gasteiger partial charge in [-0.2, -0.15) is 0 Å². The van der Waals surface area contributed by atoms with E-state index in [1.54, 1.807) is 17.4 Å². The van der Waals surface area contributed by atoms with Crippen LogP contribution in [-0.2, 0) is 17.6 Å². The standard InChI is InChI=1S/C30H30ClN3O2S2/c1-18-15-16-20(17-23(18)31)32-27(35)26(19-9-3-2-4-10-19)38-30-33-28-25(22-13-7-8-14-24(22)37-28)29(36)34(30)21-11-5-6-12-21/h2-4,9-10,15-17,21,26H,5-8,11-14H2,1H3,(H,32,35)/t26-/m1/s1. The maximum absolute atomic E-state index is 14.1. The second-order valence-electron chi connectivity index (χ2n) is 10.3. The molecule has 0 saturated heterocycles. The molecule has 0 aliphatic heterocycles. The summed E-state index contributed by atoms with van der Waals surface area (Å²) < 4.78 is 1.92. The van der Waals surface area contributed by atoms with Gasteiger partial charge in [-0.3, -0.25) is 14.2 Å². The van der Waals surface area contributed by atoms with Gasteiger partial charge in [0, 0.05) is 21.6 Å². The molecular weight excluding hydrogens is 534 g/mol. The van der Waals surface area contributed by atoms with Crippen LogP contribution >= 0.6 is 34.7 Å². The molecule has 5 nitrogen and oxygen atoms in total. The van der Waals surface area contributed by atoms with E-state index in [-0.39, 0.29) is 17.5 Å². The number of aryl methyl sites for hydroxylation is 3. The van der Waals surface area contributed by atoms with E-state index in [2.05, 4.69) is 5.32 Å². The van der Waals surface area contributed by atoms with Crippen molar-refractivity contribution in [1.82, 2.24) is 9.55 Å². The van der Waals surface area contributed by atoms with Gasteiger partial charge in [0.2, 0.25) is 5.91 Å². The minimum atomic E-state index is -0.581. The number of aromatic nitrogens is 2. The zero-order chi connectivity index (χ0) is 26.2. The molecule has 2 aromatic carbocycles. The van der Waals surface area contributed by atoms with E-state index in [1.165, 1.54) is 22.2 Å². The van der Waals surface area contributed by atoms with Crippen molar-refractivity contribution in [2.45, 2.75) is 74.7 Å². The summed E-state index contributed by atoms with van der Waals surface area (Å²) in [6.07, 6.45) is 8.42. The number of carbonyl (C=O) groups excluding carboxylic acids is 1. The van der Waals surface area contributed by atoms with Crippen LogP contribution in [-0.4, -0.2) is 15.5 Å². The predicted molar refractivity (Wildman–Crippen MR) is 158 cm³/mol. The first kappa shape index (κ1) is 25.7. The first-order valence-corrected chi connectivity index (χ1v) is 15.4. The smallest absolute Gasteiger partial charge is 0.263 e. The molecule has 0 radical (unpaired) electrons. The van der Waals surface area contributed by atoms with Crippen LogP contribution in [0.3, 0.4) is 0 Å². The summed E-state index contributed by atoms with van der Waals surface area (Å²) >= 11 is 9.37. The Hall–Kier alpha value is -2.61. The van der Waals surface area contributed by atoms with Crippen molar-refractivity contribution in [3.63, 3.8) is 0 Å². The van der Waals surface area contributed by atoms with E-state index in [9.17, 15) is 9.59 Å². The molecule has 4 aromatic rings. The highest BCUT2D eigenvalue weighted by Crippen LogP contribution is 2.41. The van der Waals surface area contributed by atoms with Crippen LogP contribution < -0.4 is 10.9 Å². The number of hydrogen-bond donors (Lipinski definition) is 1. The van der Waals surface area contributed by atoms with Crippen molar-refractivity contribution < 1.29 is 4.79 Å². The molecule has 1 fully saturated rings. The van der Waals surface area contributed by atoms with Gasteiger partial charge in [0.05, 0.1) is 5.39 Å². The largest absolute Gasteiger partial charge is 0.325 e. The summed E-state index contributed by atoms with van der Waals surface area (Å²) in [7, 11) is 0. The molecule has 0 unspecified atom stereocenters. The lowest BCUT2D eigenvalue weighted by molar-refractivity contribution is -0.115. The topological polar surface area (TPSA) is 64.0 Å². The first-order valence-electron chi connectivity index (χ1n) is 13.3. The number of anilines is 1. The minimum absolute atomic E-state index is 0.0707. The van der Waals surface area contributed by atoms with Gasteiger partial charge in [0.25, 0.3) is 5.56 Å². The average Bonchev–Trinajstić information content (AvgIpc) is 3.58. The molecule has 1 N–H and O–H groups in total. The van der Waals surface area contributed by atoms with Crippen LogP contribution in [0.25, 0.3) is 10.2 Å². The lowest BCUT2D eigenvalue weighted by Crippen LogP contribution is -2.28. The fraction of sp³-hybridized carbons (Fsp3) is 0.367. The predicted octanol–water partition coefficient (Wildman–Crippen LogP) is 7.89. The highest BCUT2D eigenvalue weighted by Gasteiger charge is 2.30. The Bertz CT molecular complexity index is 1560. The minimum Gasteiger partial charge on any atom is -0.325 e. The second kappa shape index (κ2) is 10.9. The summed E-state index contributed by atoms with van der Waals surface area (Å²) in [5.74, 6) is -0.168. The zero-order valence-corrected chi connectivity index (χ0v) is 23.7.